The van der Waals surface area contributed by atoms with Gasteiger partial charge >= 0.3 is 0 Å². The van der Waals surface area contributed by atoms with E-state index in [0.29, 0.717) is 0 Å². The molecule has 0 atom stereocenters. The third-order valence-electron chi connectivity index (χ3n) is 3.22. The van der Waals surface area contributed by atoms with E-state index in [-0.39, 0.29) is 11.1 Å². The van der Waals surface area contributed by atoms with Crippen LogP contribution >= 0.6 is 0 Å². The highest BCUT2D eigenvalue weighted by atomic mass is 16.5. The van der Waals surface area contributed by atoms with Gasteiger partial charge in [0.15, 0.2) is 0 Å². The lowest BCUT2D eigenvalue weighted by atomic mass is 9.81. The molecule has 1 saturated heterocycles. The predicted molar refractivity (Wildman–Crippen MR) is 69.8 cm³/mol. The highest BCUT2D eigenvalue weighted by Gasteiger charge is 2.37. The largest absolute Gasteiger partial charge is 0.784 e. The predicted octanol–water partition coefficient (Wildman–Crippen LogP) is 3.38. The van der Waals surface area contributed by atoms with Crippen molar-refractivity contribution in [3.63, 3.8) is 0 Å². The zero-order valence-electron chi connectivity index (χ0n) is 11.3. The van der Waals surface area contributed by atoms with Crippen molar-refractivity contribution < 1.29 is 0 Å². The van der Waals surface area contributed by atoms with Gasteiger partial charge in [-0.15, -0.1) is 0 Å². The van der Waals surface area contributed by atoms with Crippen LogP contribution in [0.5, 0.6) is 0 Å². The molecule has 1 aliphatic heterocycles. The van der Waals surface area contributed by atoms with Crippen molar-refractivity contribution in [1.29, 1.82) is 0 Å². The molecular weight excluding hydrogens is 200 g/mol. The Balaban J connectivity index is 2.74. The highest BCUT2D eigenvalue weighted by Crippen LogP contribution is 2.35. The van der Waals surface area contributed by atoms with Gasteiger partial charge in [0.2, 0.25) is 0 Å². The van der Waals surface area contributed by atoms with Crippen LogP contribution in [0.2, 0.25) is 0 Å². The third-order valence-corrected chi connectivity index (χ3v) is 3.22. The lowest BCUT2D eigenvalue weighted by molar-refractivity contribution is 0.0625. The van der Waals surface area contributed by atoms with Gasteiger partial charge in [-0.3, -0.25) is 4.99 Å². The van der Waals surface area contributed by atoms with Crippen LogP contribution in [0.1, 0.15) is 60.3 Å². The van der Waals surface area contributed by atoms with E-state index < -0.39 is 0 Å². The van der Waals surface area contributed by atoms with Crippen LogP contribution in [0.4, 0.5) is 0 Å². The maximum absolute atomic E-state index is 12.1. The van der Waals surface area contributed by atoms with E-state index in [4.69, 9.17) is 0 Å². The topological polar surface area (TPSA) is 38.7 Å². The maximum Gasteiger partial charge on any atom is 0.0388 e. The lowest BCUT2D eigenvalue weighted by Crippen LogP contribution is -2.57. The summed E-state index contributed by atoms with van der Waals surface area (Å²) in [5.41, 5.74) is 0.593. The molecule has 3 nitrogen and oxygen atoms in total. The first kappa shape index (κ1) is 13.7. The number of piperidine rings is 1. The second-order valence-electron chi connectivity index (χ2n) is 6.07. The lowest BCUT2D eigenvalue weighted by Gasteiger charge is -2.58. The molecular formula is C13H25N2O-. The Morgan fingerprint density at radius 2 is 1.69 bits per heavy atom. The normalized spacial score (nSPS) is 24.5. The first-order chi connectivity index (χ1) is 7.29. The van der Waals surface area contributed by atoms with E-state index in [9.17, 15) is 5.21 Å². The first-order valence-corrected chi connectivity index (χ1v) is 6.29. The second-order valence-corrected chi connectivity index (χ2v) is 6.07. The van der Waals surface area contributed by atoms with Crippen LogP contribution in [0, 0.1) is 5.21 Å². The first-order valence-electron chi connectivity index (χ1n) is 6.29. The van der Waals surface area contributed by atoms with Gasteiger partial charge in [-0.05, 0) is 34.1 Å². The van der Waals surface area contributed by atoms with Crippen molar-refractivity contribution in [3.05, 3.63) is 5.21 Å². The van der Waals surface area contributed by atoms with Gasteiger partial charge in [0, 0.05) is 36.2 Å². The molecule has 1 rings (SSSR count). The molecule has 0 radical (unpaired) electrons. The molecule has 94 valence electrons. The average molecular weight is 225 g/mol. The van der Waals surface area contributed by atoms with E-state index in [1.54, 1.807) is 0 Å². The van der Waals surface area contributed by atoms with Crippen LogP contribution in [0.25, 0.3) is 0 Å². The fourth-order valence-electron chi connectivity index (χ4n) is 2.53. The summed E-state index contributed by atoms with van der Waals surface area (Å²) >= 11 is 0. The molecule has 0 spiro atoms. The fraction of sp³-hybridized carbons (Fsp3) is 0.923. The zero-order chi connectivity index (χ0) is 12.4. The van der Waals surface area contributed by atoms with Crippen LogP contribution in [-0.2, 0) is 0 Å². The number of aliphatic imine (C=N–C) groups is 1. The molecule has 1 heterocycles. The summed E-state index contributed by atoms with van der Waals surface area (Å²) in [7, 11) is 0. The van der Waals surface area contributed by atoms with Gasteiger partial charge in [0.25, 0.3) is 0 Å². The minimum absolute atomic E-state index is 0.313. The zero-order valence-corrected chi connectivity index (χ0v) is 11.3. The van der Waals surface area contributed by atoms with Crippen molar-refractivity contribution >= 4 is 5.71 Å². The quantitative estimate of drug-likeness (QED) is 0.691. The van der Waals surface area contributed by atoms with Crippen molar-refractivity contribution in [1.82, 2.24) is 5.06 Å². The standard InChI is InChI=1S/C13H25N2O/c1-6-7-8-14-11-9-12(2,3)15(16)13(4,5)10-11/h6-10H2,1-5H3/q-1. The molecule has 0 saturated carbocycles. The summed E-state index contributed by atoms with van der Waals surface area (Å²) in [6.07, 6.45) is 3.94. The molecule has 0 aliphatic carbocycles. The third kappa shape index (κ3) is 3.05. The SMILES string of the molecule is CCCCN=C1CC(C)(C)N([O-])C(C)(C)C1. The van der Waals surface area contributed by atoms with Crippen LogP contribution in [-0.4, -0.2) is 28.4 Å². The van der Waals surface area contributed by atoms with Gasteiger partial charge < -0.3 is 10.3 Å². The van der Waals surface area contributed by atoms with Crippen LogP contribution in [0.15, 0.2) is 4.99 Å². The van der Waals surface area contributed by atoms with Crippen molar-refractivity contribution in [2.24, 2.45) is 4.99 Å². The van der Waals surface area contributed by atoms with Crippen molar-refractivity contribution in [3.8, 4) is 0 Å². The molecule has 0 aromatic rings. The van der Waals surface area contributed by atoms with Gasteiger partial charge in [-0.25, -0.2) is 0 Å². The summed E-state index contributed by atoms with van der Waals surface area (Å²) in [6, 6.07) is 0. The summed E-state index contributed by atoms with van der Waals surface area (Å²) in [4.78, 5) is 4.65. The van der Waals surface area contributed by atoms with Gasteiger partial charge in [0.05, 0.1) is 0 Å². The average Bonchev–Trinajstić information content (AvgIpc) is 2.14. The Labute approximate surface area is 99.5 Å². The number of rotatable bonds is 3. The molecule has 0 aromatic carbocycles. The van der Waals surface area contributed by atoms with Gasteiger partial charge in [-0.1, -0.05) is 13.3 Å². The maximum atomic E-state index is 12.1. The summed E-state index contributed by atoms with van der Waals surface area (Å²) < 4.78 is 0. The molecule has 0 amide bonds. The minimum atomic E-state index is -0.313. The van der Waals surface area contributed by atoms with Crippen molar-refractivity contribution in [2.75, 3.05) is 6.54 Å². The Morgan fingerprint density at radius 3 is 2.12 bits per heavy atom. The highest BCUT2D eigenvalue weighted by molar-refractivity contribution is 5.87. The van der Waals surface area contributed by atoms with Gasteiger partial charge in [0.1, 0.15) is 0 Å². The number of unbranched alkanes of at least 4 members (excludes halogenated alkanes) is 1. The molecule has 0 N–H and O–H groups in total. The number of hydrogen-bond donors (Lipinski definition) is 0. The fourth-order valence-corrected chi connectivity index (χ4v) is 2.53. The van der Waals surface area contributed by atoms with E-state index in [1.165, 1.54) is 17.2 Å². The van der Waals surface area contributed by atoms with E-state index in [0.717, 1.165) is 25.8 Å². The van der Waals surface area contributed by atoms with Crippen LogP contribution < -0.4 is 0 Å². The molecule has 3 heteroatoms. The summed E-state index contributed by atoms with van der Waals surface area (Å²) in [5, 5.41) is 13.4. The van der Waals surface area contributed by atoms with Crippen LogP contribution in [0.3, 0.4) is 0 Å². The van der Waals surface area contributed by atoms with E-state index >= 15 is 0 Å². The summed E-state index contributed by atoms with van der Waals surface area (Å²) in [6.45, 7) is 11.1. The van der Waals surface area contributed by atoms with E-state index in [1.807, 2.05) is 27.7 Å². The molecule has 1 aliphatic rings. The monoisotopic (exact) mass is 225 g/mol. The Kier molecular flexibility index (Phi) is 4.13. The minimum Gasteiger partial charge on any atom is -0.784 e. The van der Waals surface area contributed by atoms with E-state index in [2.05, 4.69) is 11.9 Å². The smallest absolute Gasteiger partial charge is 0.0388 e. The summed E-state index contributed by atoms with van der Waals surface area (Å²) in [5.74, 6) is 0. The Bertz CT molecular complexity index is 249. The Hall–Kier alpha value is -0.410. The van der Waals surface area contributed by atoms with Gasteiger partial charge in [-0.2, -0.15) is 0 Å². The molecule has 16 heavy (non-hydrogen) atoms. The second kappa shape index (κ2) is 4.84. The molecule has 0 bridgehead atoms. The number of hydroxylamine groups is 2. The number of nitrogens with zero attached hydrogens (tertiary/aromatic N) is 2. The molecule has 1 fully saturated rings. The Morgan fingerprint density at radius 1 is 1.19 bits per heavy atom. The molecule has 0 aromatic heterocycles. The number of hydrogen-bond acceptors (Lipinski definition) is 3. The molecule has 0 unspecified atom stereocenters. The van der Waals surface area contributed by atoms with Crippen molar-refractivity contribution in [2.45, 2.75) is 71.4 Å².